The maximum atomic E-state index is 11.6. The third kappa shape index (κ3) is 7.21. The average molecular weight is 308 g/mol. The van der Waals surface area contributed by atoms with Gasteiger partial charge in [-0.05, 0) is 18.3 Å². The molecular formula is C15H33O4P. The van der Waals surface area contributed by atoms with Crippen LogP contribution in [0.15, 0.2) is 0 Å². The van der Waals surface area contributed by atoms with E-state index < -0.39 is 13.2 Å². The van der Waals surface area contributed by atoms with Crippen LogP contribution in [0.1, 0.15) is 54.4 Å². The number of hydrogen-bond acceptors (Lipinski definition) is 3. The van der Waals surface area contributed by atoms with Crippen molar-refractivity contribution in [2.75, 3.05) is 26.9 Å². The van der Waals surface area contributed by atoms with Crippen LogP contribution in [-0.2, 0) is 14.0 Å². The summed E-state index contributed by atoms with van der Waals surface area (Å²) in [5.74, 6) is 0. The summed E-state index contributed by atoms with van der Waals surface area (Å²) in [6.45, 7) is 14.1. The number of methoxy groups -OCH3 is 1. The van der Waals surface area contributed by atoms with Crippen LogP contribution in [-0.4, -0.2) is 37.0 Å². The van der Waals surface area contributed by atoms with Gasteiger partial charge < -0.3 is 14.4 Å². The molecule has 2 unspecified atom stereocenters. The Morgan fingerprint density at radius 3 is 1.90 bits per heavy atom. The van der Waals surface area contributed by atoms with Gasteiger partial charge in [-0.1, -0.05) is 41.5 Å². The molecule has 20 heavy (non-hydrogen) atoms. The van der Waals surface area contributed by atoms with Crippen LogP contribution < -0.4 is 0 Å². The fraction of sp³-hybridized carbons (Fsp3) is 1.00. The zero-order chi connectivity index (χ0) is 16.0. The van der Waals surface area contributed by atoms with Crippen LogP contribution in [0, 0.1) is 10.8 Å². The van der Waals surface area contributed by atoms with Gasteiger partial charge >= 0.3 is 0 Å². The number of ether oxygens (including phenoxy) is 2. The molecular weight excluding hydrogens is 275 g/mol. The molecule has 1 N–H and O–H groups in total. The molecule has 0 amide bonds. The maximum absolute atomic E-state index is 11.6. The fourth-order valence-corrected chi connectivity index (χ4v) is 3.43. The molecule has 0 heterocycles. The quantitative estimate of drug-likeness (QED) is 0.625. The monoisotopic (exact) mass is 308 g/mol. The molecule has 0 saturated heterocycles. The summed E-state index contributed by atoms with van der Waals surface area (Å²) in [5, 5.41) is -0.500. The largest absolute Gasteiger partial charge is 0.384 e. The van der Waals surface area contributed by atoms with Crippen LogP contribution in [0.25, 0.3) is 0 Å². The van der Waals surface area contributed by atoms with Crippen molar-refractivity contribution in [3.8, 4) is 0 Å². The van der Waals surface area contributed by atoms with E-state index in [0.717, 1.165) is 0 Å². The first-order valence-corrected chi connectivity index (χ1v) is 8.64. The summed E-state index contributed by atoms with van der Waals surface area (Å²) < 4.78 is 22.6. The van der Waals surface area contributed by atoms with E-state index in [4.69, 9.17) is 9.47 Å². The Kier molecular flexibility index (Phi) is 7.98. The normalized spacial score (nSPS) is 17.8. The van der Waals surface area contributed by atoms with Gasteiger partial charge in [0.25, 0.3) is 0 Å². The summed E-state index contributed by atoms with van der Waals surface area (Å²) >= 11 is 0. The molecule has 0 fully saturated rings. The minimum atomic E-state index is -2.54. The molecule has 0 bridgehead atoms. The average Bonchev–Trinajstić information content (AvgIpc) is 2.27. The second-order valence-electron chi connectivity index (χ2n) is 7.65. The third-order valence-electron chi connectivity index (χ3n) is 3.69. The minimum absolute atomic E-state index is 0.0106. The van der Waals surface area contributed by atoms with Crippen molar-refractivity contribution >= 4 is 8.03 Å². The molecule has 0 radical (unpaired) electrons. The van der Waals surface area contributed by atoms with Crippen molar-refractivity contribution in [2.45, 2.75) is 59.5 Å². The summed E-state index contributed by atoms with van der Waals surface area (Å²) in [7, 11) is -0.850. The summed E-state index contributed by atoms with van der Waals surface area (Å²) in [5.41, 5.74) is -0.125. The molecule has 2 atom stereocenters. The van der Waals surface area contributed by atoms with E-state index in [1.54, 1.807) is 7.11 Å². The predicted octanol–water partition coefficient (Wildman–Crippen LogP) is 3.73. The molecule has 0 aromatic rings. The van der Waals surface area contributed by atoms with Crippen molar-refractivity contribution in [2.24, 2.45) is 10.8 Å². The van der Waals surface area contributed by atoms with Crippen molar-refractivity contribution in [3.63, 3.8) is 0 Å². The third-order valence-corrected chi connectivity index (χ3v) is 5.25. The van der Waals surface area contributed by atoms with Crippen LogP contribution in [0.5, 0.6) is 0 Å². The van der Waals surface area contributed by atoms with Crippen LogP contribution in [0.2, 0.25) is 0 Å². The first-order valence-electron chi connectivity index (χ1n) is 7.28. The number of rotatable bonds is 10. The van der Waals surface area contributed by atoms with Gasteiger partial charge in [-0.15, -0.1) is 0 Å². The smallest absolute Gasteiger partial charge is 0.194 e. The Morgan fingerprint density at radius 2 is 1.50 bits per heavy atom. The highest BCUT2D eigenvalue weighted by Crippen LogP contribution is 2.46. The maximum Gasteiger partial charge on any atom is 0.194 e. The van der Waals surface area contributed by atoms with Gasteiger partial charge in [-0.3, -0.25) is 4.57 Å². The molecule has 0 rings (SSSR count). The summed E-state index contributed by atoms with van der Waals surface area (Å²) in [6.07, 6.45) is 1.40. The van der Waals surface area contributed by atoms with Crippen molar-refractivity contribution < 1.29 is 18.9 Å². The standard InChI is InChI=1S/C15H33O4P/c1-8-15(6,20(16)17)9-13(2,3)11-19-12-14(4,5)10-18-7/h20H,8-12H2,1-7H3,(H,16,17). The molecule has 0 spiro atoms. The zero-order valence-corrected chi connectivity index (χ0v) is 15.2. The lowest BCUT2D eigenvalue weighted by Crippen LogP contribution is -2.33. The fourth-order valence-electron chi connectivity index (χ4n) is 2.50. The van der Waals surface area contributed by atoms with E-state index in [1.807, 2.05) is 13.8 Å². The lowest BCUT2D eigenvalue weighted by atomic mass is 9.82. The topological polar surface area (TPSA) is 55.8 Å². The molecule has 0 aromatic heterocycles. The van der Waals surface area contributed by atoms with Gasteiger partial charge in [0.05, 0.1) is 19.8 Å². The molecule has 122 valence electrons. The van der Waals surface area contributed by atoms with Crippen LogP contribution in [0.4, 0.5) is 0 Å². The number of hydrogen-bond donors (Lipinski definition) is 1. The van der Waals surface area contributed by atoms with E-state index >= 15 is 0 Å². The molecule has 0 aliphatic rings. The van der Waals surface area contributed by atoms with Gasteiger partial charge in [0.15, 0.2) is 8.03 Å². The lowest BCUT2D eigenvalue weighted by Gasteiger charge is -2.35. The van der Waals surface area contributed by atoms with E-state index in [-0.39, 0.29) is 10.8 Å². The van der Waals surface area contributed by atoms with Gasteiger partial charge in [0.2, 0.25) is 0 Å². The summed E-state index contributed by atoms with van der Waals surface area (Å²) in [6, 6.07) is 0. The van der Waals surface area contributed by atoms with Crippen molar-refractivity contribution in [1.82, 2.24) is 0 Å². The van der Waals surface area contributed by atoms with Crippen LogP contribution in [0.3, 0.4) is 0 Å². The Morgan fingerprint density at radius 1 is 1.00 bits per heavy atom. The highest BCUT2D eigenvalue weighted by molar-refractivity contribution is 7.40. The zero-order valence-electron chi connectivity index (χ0n) is 14.2. The molecule has 0 saturated carbocycles. The molecule has 0 aliphatic carbocycles. The Bertz CT molecular complexity index is 315. The molecule has 0 aliphatic heterocycles. The van der Waals surface area contributed by atoms with E-state index in [9.17, 15) is 9.46 Å². The second kappa shape index (κ2) is 7.93. The van der Waals surface area contributed by atoms with E-state index in [2.05, 4.69) is 27.7 Å². The van der Waals surface area contributed by atoms with Gasteiger partial charge in [0, 0.05) is 17.7 Å². The van der Waals surface area contributed by atoms with Gasteiger partial charge in [-0.25, -0.2) is 0 Å². The van der Waals surface area contributed by atoms with Crippen LogP contribution >= 0.6 is 8.03 Å². The second-order valence-corrected chi connectivity index (χ2v) is 9.47. The van der Waals surface area contributed by atoms with E-state index in [1.165, 1.54) is 0 Å². The first kappa shape index (κ1) is 20.1. The minimum Gasteiger partial charge on any atom is -0.384 e. The van der Waals surface area contributed by atoms with Gasteiger partial charge in [-0.2, -0.15) is 0 Å². The van der Waals surface area contributed by atoms with Crippen molar-refractivity contribution in [3.05, 3.63) is 0 Å². The molecule has 0 aromatic carbocycles. The highest BCUT2D eigenvalue weighted by Gasteiger charge is 2.35. The lowest BCUT2D eigenvalue weighted by molar-refractivity contribution is -0.0188. The first-order chi connectivity index (χ1) is 8.98. The highest BCUT2D eigenvalue weighted by atomic mass is 31.1. The Hall–Kier alpha value is 0.110. The van der Waals surface area contributed by atoms with Crippen molar-refractivity contribution in [1.29, 1.82) is 0 Å². The molecule has 5 heteroatoms. The summed E-state index contributed by atoms with van der Waals surface area (Å²) in [4.78, 5) is 9.55. The van der Waals surface area contributed by atoms with Gasteiger partial charge in [0.1, 0.15) is 0 Å². The SMILES string of the molecule is CCC(C)(CC(C)(C)COCC(C)(C)COC)[PH](=O)O. The predicted molar refractivity (Wildman–Crippen MR) is 84.8 cm³/mol. The Balaban J connectivity index is 4.43. The molecule has 4 nitrogen and oxygen atoms in total. The Labute approximate surface area is 125 Å². The van der Waals surface area contributed by atoms with E-state index in [0.29, 0.717) is 32.7 Å².